The number of esters is 1. The molecule has 0 aromatic heterocycles. The Bertz CT molecular complexity index is 234. The van der Waals surface area contributed by atoms with Crippen LogP contribution in [0.2, 0.25) is 0 Å². The van der Waals surface area contributed by atoms with Crippen molar-refractivity contribution >= 4 is 18.3 Å². The Kier molecular flexibility index (Phi) is 7.32. The first-order chi connectivity index (χ1) is 6.74. The van der Waals surface area contributed by atoms with Crippen LogP contribution < -0.4 is 0 Å². The van der Waals surface area contributed by atoms with Gasteiger partial charge in [-0.1, -0.05) is 26.3 Å². The van der Waals surface area contributed by atoms with E-state index in [9.17, 15) is 9.59 Å². The van der Waals surface area contributed by atoms with Gasteiger partial charge in [-0.15, -0.1) is 0 Å². The fourth-order valence-electron chi connectivity index (χ4n) is 0.885. The van der Waals surface area contributed by atoms with Gasteiger partial charge in [-0.3, -0.25) is 4.79 Å². The minimum atomic E-state index is -0.581. The lowest BCUT2D eigenvalue weighted by molar-refractivity contribution is -0.130. The van der Waals surface area contributed by atoms with Crippen molar-refractivity contribution in [1.82, 2.24) is 0 Å². The van der Waals surface area contributed by atoms with E-state index in [0.717, 1.165) is 25.3 Å². The van der Waals surface area contributed by atoms with E-state index in [1.54, 1.807) is 0 Å². The minimum absolute atomic E-state index is 0.165. The highest BCUT2D eigenvalue weighted by molar-refractivity contribution is 5.95. The van der Waals surface area contributed by atoms with Gasteiger partial charge in [-0.2, -0.15) is 4.99 Å². The SMILES string of the molecule is C=CC(=O)OC(CCCCC)=NC=O. The van der Waals surface area contributed by atoms with Gasteiger partial charge in [0.05, 0.1) is 0 Å². The zero-order chi connectivity index (χ0) is 10.8. The Morgan fingerprint density at radius 3 is 2.71 bits per heavy atom. The highest BCUT2D eigenvalue weighted by Gasteiger charge is 2.04. The topological polar surface area (TPSA) is 55.7 Å². The molecule has 0 heterocycles. The third-order valence-corrected chi connectivity index (χ3v) is 1.58. The van der Waals surface area contributed by atoms with Crippen molar-refractivity contribution < 1.29 is 14.3 Å². The van der Waals surface area contributed by atoms with Crippen LogP contribution in [0, 0.1) is 0 Å². The van der Waals surface area contributed by atoms with Crippen LogP contribution in [0.1, 0.15) is 32.6 Å². The third kappa shape index (κ3) is 6.11. The molecule has 0 spiro atoms. The molecule has 0 bridgehead atoms. The zero-order valence-electron chi connectivity index (χ0n) is 8.36. The number of amides is 1. The molecule has 4 nitrogen and oxygen atoms in total. The molecule has 0 atom stereocenters. The Hall–Kier alpha value is -1.45. The molecule has 78 valence electrons. The second-order valence-electron chi connectivity index (χ2n) is 2.71. The summed E-state index contributed by atoms with van der Waals surface area (Å²) in [5.74, 6) is -0.416. The molecule has 4 heteroatoms. The van der Waals surface area contributed by atoms with Crippen LogP contribution in [0.5, 0.6) is 0 Å². The van der Waals surface area contributed by atoms with Crippen LogP contribution in [0.3, 0.4) is 0 Å². The van der Waals surface area contributed by atoms with Gasteiger partial charge in [0.15, 0.2) is 0 Å². The fraction of sp³-hybridized carbons (Fsp3) is 0.500. The summed E-state index contributed by atoms with van der Waals surface area (Å²) < 4.78 is 4.75. The molecule has 0 aliphatic rings. The summed E-state index contributed by atoms with van der Waals surface area (Å²) in [7, 11) is 0. The van der Waals surface area contributed by atoms with Gasteiger partial charge in [-0.05, 0) is 6.42 Å². The van der Waals surface area contributed by atoms with E-state index >= 15 is 0 Å². The first kappa shape index (κ1) is 12.6. The molecule has 0 radical (unpaired) electrons. The predicted octanol–water partition coefficient (Wildman–Crippen LogP) is 1.85. The average Bonchev–Trinajstić information content (AvgIpc) is 2.18. The molecule has 0 aliphatic carbocycles. The van der Waals surface area contributed by atoms with Crippen molar-refractivity contribution in [2.45, 2.75) is 32.6 Å². The van der Waals surface area contributed by atoms with E-state index < -0.39 is 5.97 Å². The molecule has 0 aliphatic heterocycles. The lowest BCUT2D eigenvalue weighted by Crippen LogP contribution is -2.10. The molecule has 0 unspecified atom stereocenters. The van der Waals surface area contributed by atoms with Crippen molar-refractivity contribution in [2.24, 2.45) is 4.99 Å². The average molecular weight is 197 g/mol. The highest BCUT2D eigenvalue weighted by atomic mass is 16.5. The number of hydrogen-bond acceptors (Lipinski definition) is 3. The van der Waals surface area contributed by atoms with Crippen molar-refractivity contribution in [1.29, 1.82) is 0 Å². The molecule has 0 saturated heterocycles. The van der Waals surface area contributed by atoms with E-state index in [-0.39, 0.29) is 5.90 Å². The number of ether oxygens (including phenoxy) is 1. The maximum atomic E-state index is 10.8. The quantitative estimate of drug-likeness (QED) is 0.163. The number of nitrogens with zero attached hydrogens (tertiary/aromatic N) is 1. The van der Waals surface area contributed by atoms with Crippen LogP contribution in [-0.4, -0.2) is 18.3 Å². The number of unbranched alkanes of at least 4 members (excludes halogenated alkanes) is 2. The van der Waals surface area contributed by atoms with Gasteiger partial charge in [0.25, 0.3) is 0 Å². The van der Waals surface area contributed by atoms with Gasteiger partial charge in [-0.25, -0.2) is 4.79 Å². The summed E-state index contributed by atoms with van der Waals surface area (Å²) in [6.07, 6.45) is 4.85. The molecule has 1 amide bonds. The summed E-state index contributed by atoms with van der Waals surface area (Å²) in [5, 5.41) is 0. The molecule has 0 saturated carbocycles. The van der Waals surface area contributed by atoms with Crippen LogP contribution in [-0.2, 0) is 14.3 Å². The van der Waals surface area contributed by atoms with Crippen LogP contribution in [0.4, 0.5) is 0 Å². The summed E-state index contributed by atoms with van der Waals surface area (Å²) in [6.45, 7) is 5.31. The molecule has 0 aromatic rings. The maximum absolute atomic E-state index is 10.8. The van der Waals surface area contributed by atoms with Gasteiger partial charge in [0.2, 0.25) is 12.3 Å². The monoisotopic (exact) mass is 197 g/mol. The van der Waals surface area contributed by atoms with E-state index in [1.807, 2.05) is 0 Å². The summed E-state index contributed by atoms with van der Waals surface area (Å²) >= 11 is 0. The molecule has 0 aromatic carbocycles. The predicted molar refractivity (Wildman–Crippen MR) is 53.9 cm³/mol. The number of carbonyl (C=O) groups is 2. The van der Waals surface area contributed by atoms with E-state index in [1.165, 1.54) is 0 Å². The molecule has 14 heavy (non-hydrogen) atoms. The Morgan fingerprint density at radius 1 is 1.50 bits per heavy atom. The normalized spacial score (nSPS) is 10.8. The van der Waals surface area contributed by atoms with Gasteiger partial charge in [0, 0.05) is 12.5 Å². The molecule has 0 fully saturated rings. The number of carbonyl (C=O) groups excluding carboxylic acids is 2. The fourth-order valence-corrected chi connectivity index (χ4v) is 0.885. The summed E-state index contributed by atoms with van der Waals surface area (Å²) in [5.41, 5.74) is 0. The smallest absolute Gasteiger partial charge is 0.336 e. The second-order valence-corrected chi connectivity index (χ2v) is 2.71. The molecular weight excluding hydrogens is 182 g/mol. The first-order valence-corrected chi connectivity index (χ1v) is 4.59. The first-order valence-electron chi connectivity index (χ1n) is 4.59. The highest BCUT2D eigenvalue weighted by Crippen LogP contribution is 2.02. The van der Waals surface area contributed by atoms with Gasteiger partial charge < -0.3 is 4.74 Å². The van der Waals surface area contributed by atoms with Gasteiger partial charge in [0.1, 0.15) is 0 Å². The minimum Gasteiger partial charge on any atom is -0.408 e. The largest absolute Gasteiger partial charge is 0.408 e. The van der Waals surface area contributed by atoms with E-state index in [2.05, 4.69) is 18.5 Å². The lowest BCUT2D eigenvalue weighted by Gasteiger charge is -2.03. The summed E-state index contributed by atoms with van der Waals surface area (Å²) in [6, 6.07) is 0. The molecular formula is C10H15NO3. The van der Waals surface area contributed by atoms with Crippen molar-refractivity contribution in [3.8, 4) is 0 Å². The third-order valence-electron chi connectivity index (χ3n) is 1.58. The standard InChI is InChI=1S/C10H15NO3/c1-3-5-6-7-9(11-8-12)14-10(13)4-2/h4,8H,2-3,5-7H2,1H3. The number of rotatable bonds is 6. The van der Waals surface area contributed by atoms with Crippen LogP contribution >= 0.6 is 0 Å². The number of hydrogen-bond donors (Lipinski definition) is 0. The maximum Gasteiger partial charge on any atom is 0.336 e. The summed E-state index contributed by atoms with van der Waals surface area (Å²) in [4.78, 5) is 24.3. The number of aliphatic imine (C=N–C) groups is 1. The van der Waals surface area contributed by atoms with Crippen molar-refractivity contribution in [2.75, 3.05) is 0 Å². The van der Waals surface area contributed by atoms with Crippen LogP contribution in [0.15, 0.2) is 17.6 Å². The van der Waals surface area contributed by atoms with E-state index in [4.69, 9.17) is 4.74 Å². The zero-order valence-corrected chi connectivity index (χ0v) is 8.36. The Balaban J connectivity index is 4.02. The van der Waals surface area contributed by atoms with Crippen molar-refractivity contribution in [3.05, 3.63) is 12.7 Å². The van der Waals surface area contributed by atoms with Crippen LogP contribution in [0.25, 0.3) is 0 Å². The van der Waals surface area contributed by atoms with E-state index in [0.29, 0.717) is 12.8 Å². The molecule has 0 N–H and O–H groups in total. The lowest BCUT2D eigenvalue weighted by atomic mass is 10.2. The Morgan fingerprint density at radius 2 is 2.21 bits per heavy atom. The van der Waals surface area contributed by atoms with Crippen molar-refractivity contribution in [3.63, 3.8) is 0 Å². The second kappa shape index (κ2) is 8.16. The van der Waals surface area contributed by atoms with Gasteiger partial charge >= 0.3 is 5.97 Å². The Labute approximate surface area is 83.7 Å². The molecule has 0 rings (SSSR count).